The maximum Gasteiger partial charge on any atom is 0.358 e. The van der Waals surface area contributed by atoms with Crippen LogP contribution in [0.25, 0.3) is 0 Å². The Morgan fingerprint density at radius 3 is 2.95 bits per heavy atom. The van der Waals surface area contributed by atoms with Crippen LogP contribution in [0.3, 0.4) is 0 Å². The van der Waals surface area contributed by atoms with Gasteiger partial charge in [-0.25, -0.2) is 9.48 Å². The summed E-state index contributed by atoms with van der Waals surface area (Å²) in [5.41, 5.74) is -0.0733. The second kappa shape index (κ2) is 5.81. The minimum Gasteiger partial charge on any atom is -0.476 e. The molecule has 0 aliphatic carbocycles. The van der Waals surface area contributed by atoms with E-state index in [0.717, 1.165) is 19.4 Å². The van der Waals surface area contributed by atoms with E-state index in [2.05, 4.69) is 17.2 Å². The molecule has 0 spiro atoms. The van der Waals surface area contributed by atoms with Gasteiger partial charge in [0.1, 0.15) is 0 Å². The summed E-state index contributed by atoms with van der Waals surface area (Å²) in [6.07, 6.45) is 3.94. The molecule has 2 rings (SSSR count). The van der Waals surface area contributed by atoms with E-state index in [0.29, 0.717) is 25.4 Å². The number of aromatic nitrogens is 3. The van der Waals surface area contributed by atoms with Crippen LogP contribution in [0.1, 0.15) is 36.7 Å². The van der Waals surface area contributed by atoms with E-state index in [1.807, 2.05) is 4.90 Å². The zero-order valence-corrected chi connectivity index (χ0v) is 10.9. The van der Waals surface area contributed by atoms with Crippen molar-refractivity contribution in [3.05, 3.63) is 11.9 Å². The molecule has 1 unspecified atom stereocenters. The largest absolute Gasteiger partial charge is 0.476 e. The molecule has 1 aromatic rings. The summed E-state index contributed by atoms with van der Waals surface area (Å²) in [5.74, 6) is -0.340. The minimum absolute atomic E-state index is 0.0733. The first kappa shape index (κ1) is 13.5. The third kappa shape index (κ3) is 3.52. The summed E-state index contributed by atoms with van der Waals surface area (Å²) < 4.78 is 1.46. The first-order chi connectivity index (χ1) is 9.06. The van der Waals surface area contributed by atoms with Crippen LogP contribution in [0, 0.1) is 5.92 Å². The number of amides is 1. The van der Waals surface area contributed by atoms with Crippen LogP contribution >= 0.6 is 0 Å². The van der Waals surface area contributed by atoms with Gasteiger partial charge in [-0.1, -0.05) is 12.1 Å². The van der Waals surface area contributed by atoms with E-state index in [4.69, 9.17) is 5.11 Å². The molecule has 1 N–H and O–H groups in total. The van der Waals surface area contributed by atoms with Gasteiger partial charge in [-0.05, 0) is 18.8 Å². The monoisotopic (exact) mass is 266 g/mol. The molecule has 0 radical (unpaired) electrons. The number of hydrogen-bond donors (Lipinski definition) is 1. The maximum absolute atomic E-state index is 11.9. The molecule has 7 heteroatoms. The number of rotatable bonds is 4. The number of aromatic carboxylic acids is 1. The Kier molecular flexibility index (Phi) is 4.13. The molecule has 1 aliphatic rings. The predicted molar refractivity (Wildman–Crippen MR) is 66.6 cm³/mol. The summed E-state index contributed by atoms with van der Waals surface area (Å²) in [6, 6.07) is 0. The molecule has 2 heterocycles. The Morgan fingerprint density at radius 1 is 1.47 bits per heavy atom. The van der Waals surface area contributed by atoms with Crippen LogP contribution in [0.15, 0.2) is 6.20 Å². The third-order valence-corrected chi connectivity index (χ3v) is 3.45. The van der Waals surface area contributed by atoms with Gasteiger partial charge >= 0.3 is 5.97 Å². The molecule has 1 aromatic heterocycles. The highest BCUT2D eigenvalue weighted by molar-refractivity contribution is 5.84. The molecule has 1 saturated heterocycles. The summed E-state index contributed by atoms with van der Waals surface area (Å²) in [5, 5.41) is 16.0. The lowest BCUT2D eigenvalue weighted by molar-refractivity contribution is -0.130. The lowest BCUT2D eigenvalue weighted by atomic mass is 10.0. The molecule has 1 atom stereocenters. The number of likely N-dealkylation sites (tertiary alicyclic amines) is 1. The van der Waals surface area contributed by atoms with Crippen LogP contribution < -0.4 is 0 Å². The van der Waals surface area contributed by atoms with Crippen LogP contribution in [-0.2, 0) is 11.3 Å². The predicted octanol–water partition coefficient (Wildman–Crippen LogP) is 0.625. The Bertz CT molecular complexity index is 471. The second-order valence-electron chi connectivity index (χ2n) is 4.99. The normalized spacial score (nSPS) is 20.4. The van der Waals surface area contributed by atoms with Gasteiger partial charge in [0, 0.05) is 19.5 Å². The van der Waals surface area contributed by atoms with Crippen LogP contribution in [0.4, 0.5) is 0 Å². The van der Waals surface area contributed by atoms with Gasteiger partial charge < -0.3 is 10.0 Å². The van der Waals surface area contributed by atoms with Crippen molar-refractivity contribution in [1.82, 2.24) is 19.9 Å². The summed E-state index contributed by atoms with van der Waals surface area (Å²) in [4.78, 5) is 24.4. The molecule has 0 saturated carbocycles. The Morgan fingerprint density at radius 2 is 2.26 bits per heavy atom. The summed E-state index contributed by atoms with van der Waals surface area (Å²) in [7, 11) is 0. The number of hydrogen-bond acceptors (Lipinski definition) is 4. The Labute approximate surface area is 111 Å². The van der Waals surface area contributed by atoms with Gasteiger partial charge in [-0.3, -0.25) is 4.79 Å². The average Bonchev–Trinajstić information content (AvgIpc) is 2.79. The summed E-state index contributed by atoms with van der Waals surface area (Å²) >= 11 is 0. The lowest BCUT2D eigenvalue weighted by Crippen LogP contribution is -2.33. The van der Waals surface area contributed by atoms with Gasteiger partial charge in [0.15, 0.2) is 5.69 Å². The fraction of sp³-hybridized carbons (Fsp3) is 0.667. The van der Waals surface area contributed by atoms with Gasteiger partial charge in [0.25, 0.3) is 0 Å². The quantitative estimate of drug-likeness (QED) is 0.863. The zero-order chi connectivity index (χ0) is 13.8. The molecule has 0 bridgehead atoms. The van der Waals surface area contributed by atoms with E-state index >= 15 is 0 Å². The number of carboxylic acid groups (broad SMARTS) is 1. The summed E-state index contributed by atoms with van der Waals surface area (Å²) in [6.45, 7) is 3.95. The molecule has 0 aromatic carbocycles. The smallest absolute Gasteiger partial charge is 0.358 e. The highest BCUT2D eigenvalue weighted by atomic mass is 16.4. The zero-order valence-electron chi connectivity index (χ0n) is 10.9. The van der Waals surface area contributed by atoms with Gasteiger partial charge in [-0.2, -0.15) is 0 Å². The van der Waals surface area contributed by atoms with Crippen LogP contribution in [-0.4, -0.2) is 50.0 Å². The van der Waals surface area contributed by atoms with E-state index in [-0.39, 0.29) is 11.6 Å². The highest BCUT2D eigenvalue weighted by Crippen LogP contribution is 2.17. The molecule has 1 aliphatic heterocycles. The van der Waals surface area contributed by atoms with Gasteiger partial charge in [0.2, 0.25) is 5.91 Å². The van der Waals surface area contributed by atoms with Crippen molar-refractivity contribution in [3.63, 3.8) is 0 Å². The molecule has 19 heavy (non-hydrogen) atoms. The molecule has 7 nitrogen and oxygen atoms in total. The van der Waals surface area contributed by atoms with Gasteiger partial charge in [0.05, 0.1) is 12.7 Å². The van der Waals surface area contributed by atoms with E-state index in [9.17, 15) is 9.59 Å². The van der Waals surface area contributed by atoms with Crippen molar-refractivity contribution in [1.29, 1.82) is 0 Å². The van der Waals surface area contributed by atoms with Crippen molar-refractivity contribution >= 4 is 11.9 Å². The topological polar surface area (TPSA) is 88.3 Å². The third-order valence-electron chi connectivity index (χ3n) is 3.45. The van der Waals surface area contributed by atoms with Crippen molar-refractivity contribution in [2.24, 2.45) is 5.92 Å². The fourth-order valence-corrected chi connectivity index (χ4v) is 2.14. The second-order valence-corrected chi connectivity index (χ2v) is 4.99. The standard InChI is InChI=1S/C12H18N4O3/c1-9-2-3-11(17)15(5-4-9)6-7-16-8-10(12(18)19)13-14-16/h8-9H,2-7H2,1H3,(H,18,19). The van der Waals surface area contributed by atoms with Crippen molar-refractivity contribution in [3.8, 4) is 0 Å². The average molecular weight is 266 g/mol. The first-order valence-corrected chi connectivity index (χ1v) is 6.47. The Hall–Kier alpha value is -1.92. The Balaban J connectivity index is 1.89. The lowest BCUT2D eigenvalue weighted by Gasteiger charge is -2.20. The maximum atomic E-state index is 11.9. The number of nitrogens with zero attached hydrogens (tertiary/aromatic N) is 4. The van der Waals surface area contributed by atoms with E-state index < -0.39 is 5.97 Å². The molecule has 1 fully saturated rings. The number of carbonyl (C=O) groups excluding carboxylic acids is 1. The SMILES string of the molecule is CC1CCC(=O)N(CCn2cc(C(=O)O)nn2)CC1. The highest BCUT2D eigenvalue weighted by Gasteiger charge is 2.20. The van der Waals surface area contributed by atoms with Crippen molar-refractivity contribution < 1.29 is 14.7 Å². The fourth-order valence-electron chi connectivity index (χ4n) is 2.14. The number of carboxylic acids is 1. The van der Waals surface area contributed by atoms with Crippen molar-refractivity contribution in [2.45, 2.75) is 32.7 Å². The molecule has 1 amide bonds. The van der Waals surface area contributed by atoms with Crippen LogP contribution in [0.2, 0.25) is 0 Å². The van der Waals surface area contributed by atoms with Crippen molar-refractivity contribution in [2.75, 3.05) is 13.1 Å². The number of carbonyl (C=O) groups is 2. The molecular weight excluding hydrogens is 248 g/mol. The van der Waals surface area contributed by atoms with E-state index in [1.54, 1.807) is 0 Å². The van der Waals surface area contributed by atoms with E-state index in [1.165, 1.54) is 10.9 Å². The first-order valence-electron chi connectivity index (χ1n) is 6.47. The minimum atomic E-state index is -1.09. The molecule has 104 valence electrons. The van der Waals surface area contributed by atoms with Gasteiger partial charge in [-0.15, -0.1) is 5.10 Å². The molecular formula is C12H18N4O3. The van der Waals surface area contributed by atoms with Crippen LogP contribution in [0.5, 0.6) is 0 Å².